The predicted molar refractivity (Wildman–Crippen MR) is 135 cm³/mol. The maximum atomic E-state index is 11.0. The van der Waals surface area contributed by atoms with E-state index >= 15 is 0 Å². The maximum absolute atomic E-state index is 11.0. The number of amides is 1. The van der Waals surface area contributed by atoms with Crippen molar-refractivity contribution in [3.05, 3.63) is 59.7 Å². The summed E-state index contributed by atoms with van der Waals surface area (Å²) in [7, 11) is 0. The van der Waals surface area contributed by atoms with E-state index in [9.17, 15) is 31.1 Å². The van der Waals surface area contributed by atoms with Gasteiger partial charge in [0.05, 0.1) is 6.42 Å². The number of carbonyl (C=O) groups is 3. The molecule has 1 atom stereocenters. The summed E-state index contributed by atoms with van der Waals surface area (Å²) < 4.78 is 75.3. The third-order valence-corrected chi connectivity index (χ3v) is 5.14. The first kappa shape index (κ1) is 35.5. The number of nitrogens with one attached hydrogen (secondary N) is 1. The Morgan fingerprint density at radius 2 is 1.48 bits per heavy atom. The quantitative estimate of drug-likeness (QED) is 0.162. The molecule has 3 rings (SSSR count). The molecule has 0 aliphatic carbocycles. The standard InChI is InChI=1S/C21H26N4O3.2C2HF3O2/c22-20(26)12-15-4-6-17(7-5-15)28-19-8-9-25(14-19)10-11-27-18-3-1-2-16(13-18)21(23)24;2*3-2(4,5)1(6)7/h1-7,13,19H,8-12,14H2,(H2,22,26)(H3,23,24);2*(H,6,7)/t19-;;/m0../s1. The van der Waals surface area contributed by atoms with Crippen LogP contribution in [0, 0.1) is 5.41 Å². The van der Waals surface area contributed by atoms with Crippen LogP contribution in [0.25, 0.3) is 0 Å². The molecule has 17 heteroatoms. The van der Waals surface area contributed by atoms with Crippen LogP contribution in [0.4, 0.5) is 26.3 Å². The van der Waals surface area contributed by atoms with Crippen molar-refractivity contribution in [3.8, 4) is 11.5 Å². The van der Waals surface area contributed by atoms with Crippen molar-refractivity contribution in [1.82, 2.24) is 4.90 Å². The van der Waals surface area contributed by atoms with Gasteiger partial charge in [-0.1, -0.05) is 24.3 Å². The van der Waals surface area contributed by atoms with Crippen LogP contribution >= 0.6 is 0 Å². The fourth-order valence-electron chi connectivity index (χ4n) is 3.22. The van der Waals surface area contributed by atoms with E-state index in [0.717, 1.165) is 43.1 Å². The molecule has 1 aliphatic rings. The molecular formula is C25H28F6N4O7. The highest BCUT2D eigenvalue weighted by molar-refractivity contribution is 5.95. The molecule has 7 N–H and O–H groups in total. The summed E-state index contributed by atoms with van der Waals surface area (Å²) in [5, 5.41) is 21.7. The average molecular weight is 611 g/mol. The number of nitrogens with zero attached hydrogens (tertiary/aromatic N) is 1. The lowest BCUT2D eigenvalue weighted by Crippen LogP contribution is -2.28. The Kier molecular flexibility index (Phi) is 13.6. The molecule has 2 aromatic rings. The number of carboxylic acids is 2. The van der Waals surface area contributed by atoms with Gasteiger partial charge in [0.15, 0.2) is 0 Å². The number of amidine groups is 1. The molecule has 0 spiro atoms. The summed E-state index contributed by atoms with van der Waals surface area (Å²) in [5.74, 6) is -4.30. The first-order valence-electron chi connectivity index (χ1n) is 11.8. The Labute approximate surface area is 235 Å². The highest BCUT2D eigenvalue weighted by atomic mass is 19.4. The fourth-order valence-corrected chi connectivity index (χ4v) is 3.22. The van der Waals surface area contributed by atoms with Gasteiger partial charge in [-0.2, -0.15) is 26.3 Å². The van der Waals surface area contributed by atoms with E-state index in [1.54, 1.807) is 12.1 Å². The first-order chi connectivity index (χ1) is 19.4. The van der Waals surface area contributed by atoms with E-state index in [-0.39, 0.29) is 24.3 Å². The van der Waals surface area contributed by atoms with Crippen molar-refractivity contribution in [3.63, 3.8) is 0 Å². The second kappa shape index (κ2) is 16.0. The summed E-state index contributed by atoms with van der Waals surface area (Å²) in [4.78, 5) is 31.1. The number of ether oxygens (including phenoxy) is 2. The van der Waals surface area contributed by atoms with Crippen molar-refractivity contribution in [2.45, 2.75) is 31.3 Å². The van der Waals surface area contributed by atoms with Crippen molar-refractivity contribution in [1.29, 1.82) is 5.41 Å². The normalized spacial score (nSPS) is 14.9. The number of likely N-dealkylation sites (tertiary alicyclic amines) is 1. The van der Waals surface area contributed by atoms with Gasteiger partial charge in [0, 0.05) is 25.2 Å². The number of halogens is 6. The minimum atomic E-state index is -5.08. The van der Waals surface area contributed by atoms with Gasteiger partial charge in [0.2, 0.25) is 5.91 Å². The lowest BCUT2D eigenvalue weighted by atomic mass is 10.1. The van der Waals surface area contributed by atoms with E-state index in [1.807, 2.05) is 36.4 Å². The number of primary amides is 1. The van der Waals surface area contributed by atoms with Gasteiger partial charge in [-0.15, -0.1) is 0 Å². The van der Waals surface area contributed by atoms with Crippen molar-refractivity contribution < 1.29 is 60.4 Å². The van der Waals surface area contributed by atoms with E-state index in [4.69, 9.17) is 46.2 Å². The average Bonchev–Trinajstić information content (AvgIpc) is 3.31. The lowest BCUT2D eigenvalue weighted by molar-refractivity contribution is -0.193. The summed E-state index contributed by atoms with van der Waals surface area (Å²) in [5.41, 5.74) is 12.3. The van der Waals surface area contributed by atoms with Crippen molar-refractivity contribution in [2.24, 2.45) is 11.5 Å². The molecule has 11 nitrogen and oxygen atoms in total. The Morgan fingerprint density at radius 1 is 0.929 bits per heavy atom. The van der Waals surface area contributed by atoms with Gasteiger partial charge >= 0.3 is 24.3 Å². The molecule has 0 saturated carbocycles. The molecule has 2 aromatic carbocycles. The molecule has 1 heterocycles. The fraction of sp³-hybridized carbons (Fsp3) is 0.360. The van der Waals surface area contributed by atoms with Crippen LogP contribution in [0.5, 0.6) is 11.5 Å². The van der Waals surface area contributed by atoms with Gasteiger partial charge < -0.3 is 31.2 Å². The molecule has 0 unspecified atom stereocenters. The topological polar surface area (TPSA) is 189 Å². The van der Waals surface area contributed by atoms with Crippen LogP contribution in [0.15, 0.2) is 48.5 Å². The zero-order valence-electron chi connectivity index (χ0n) is 21.7. The Hall–Kier alpha value is -4.54. The Bertz CT molecular complexity index is 1180. The van der Waals surface area contributed by atoms with E-state index < -0.39 is 24.3 Å². The van der Waals surface area contributed by atoms with Gasteiger partial charge in [-0.25, -0.2) is 9.59 Å². The number of carbonyl (C=O) groups excluding carboxylic acids is 1. The van der Waals surface area contributed by atoms with Crippen molar-refractivity contribution >= 4 is 23.7 Å². The number of hydrogen-bond donors (Lipinski definition) is 5. The van der Waals surface area contributed by atoms with Gasteiger partial charge in [-0.05, 0) is 36.2 Å². The number of nitrogens with two attached hydrogens (primary N) is 2. The number of alkyl halides is 6. The number of carboxylic acid groups (broad SMARTS) is 2. The Morgan fingerprint density at radius 3 is 1.95 bits per heavy atom. The first-order valence-corrected chi connectivity index (χ1v) is 11.8. The summed E-state index contributed by atoms with van der Waals surface area (Å²) in [6, 6.07) is 14.8. The molecule has 232 valence electrons. The van der Waals surface area contributed by atoms with Gasteiger partial charge in [0.1, 0.15) is 30.0 Å². The van der Waals surface area contributed by atoms with Gasteiger partial charge in [-0.3, -0.25) is 15.1 Å². The minimum absolute atomic E-state index is 0.0349. The molecule has 1 aliphatic heterocycles. The Balaban J connectivity index is 0.000000522. The molecule has 0 radical (unpaired) electrons. The molecule has 1 fully saturated rings. The minimum Gasteiger partial charge on any atom is -0.492 e. The summed E-state index contributed by atoms with van der Waals surface area (Å²) in [6.45, 7) is 3.18. The monoisotopic (exact) mass is 610 g/mol. The summed E-state index contributed by atoms with van der Waals surface area (Å²) in [6.07, 6.45) is -8.82. The predicted octanol–water partition coefficient (Wildman–Crippen LogP) is 2.80. The molecule has 1 amide bonds. The molecule has 1 saturated heterocycles. The zero-order valence-corrected chi connectivity index (χ0v) is 21.7. The van der Waals surface area contributed by atoms with Crippen LogP contribution < -0.4 is 20.9 Å². The third-order valence-electron chi connectivity index (χ3n) is 5.14. The third kappa shape index (κ3) is 14.2. The van der Waals surface area contributed by atoms with E-state index in [0.29, 0.717) is 12.2 Å². The molecule has 0 aromatic heterocycles. The van der Waals surface area contributed by atoms with Crippen LogP contribution in [-0.4, -0.2) is 83.5 Å². The van der Waals surface area contributed by atoms with Gasteiger partial charge in [0.25, 0.3) is 0 Å². The molecular weight excluding hydrogens is 582 g/mol. The van der Waals surface area contributed by atoms with Crippen LogP contribution in [0.3, 0.4) is 0 Å². The number of nitrogen functional groups attached to an aromatic ring is 1. The maximum Gasteiger partial charge on any atom is 0.490 e. The smallest absolute Gasteiger partial charge is 0.490 e. The van der Waals surface area contributed by atoms with E-state index in [2.05, 4.69) is 4.90 Å². The SMILES string of the molecule is N=C(N)c1cccc(OCCN2CC[C@H](Oc3ccc(CC(N)=O)cc3)C2)c1.O=C(O)C(F)(F)F.O=C(O)C(F)(F)F. The summed E-state index contributed by atoms with van der Waals surface area (Å²) >= 11 is 0. The number of aliphatic carboxylic acids is 2. The second-order valence-electron chi connectivity index (χ2n) is 8.51. The second-order valence-corrected chi connectivity index (χ2v) is 8.51. The zero-order chi connectivity index (χ0) is 32.1. The highest BCUT2D eigenvalue weighted by Crippen LogP contribution is 2.20. The largest absolute Gasteiger partial charge is 0.492 e. The van der Waals surface area contributed by atoms with Crippen LogP contribution in [-0.2, 0) is 20.8 Å². The van der Waals surface area contributed by atoms with Crippen LogP contribution in [0.2, 0.25) is 0 Å². The van der Waals surface area contributed by atoms with Crippen molar-refractivity contribution in [2.75, 3.05) is 26.2 Å². The molecule has 0 bridgehead atoms. The molecule has 42 heavy (non-hydrogen) atoms. The van der Waals surface area contributed by atoms with Crippen LogP contribution in [0.1, 0.15) is 17.5 Å². The number of rotatable bonds is 9. The lowest BCUT2D eigenvalue weighted by Gasteiger charge is -2.17. The number of hydrogen-bond acceptors (Lipinski definition) is 7. The van der Waals surface area contributed by atoms with E-state index in [1.165, 1.54) is 0 Å². The number of benzene rings is 2. The highest BCUT2D eigenvalue weighted by Gasteiger charge is 2.38.